The highest BCUT2D eigenvalue weighted by atomic mass is 35.5. The Morgan fingerprint density at radius 3 is 2.40 bits per heavy atom. The maximum atomic E-state index is 13.1. The minimum absolute atomic E-state index is 0.0500. The van der Waals surface area contributed by atoms with Crippen molar-refractivity contribution in [2.45, 2.75) is 23.2 Å². The van der Waals surface area contributed by atoms with E-state index in [2.05, 4.69) is 5.32 Å². The van der Waals surface area contributed by atoms with Crippen molar-refractivity contribution in [2.75, 3.05) is 12.4 Å². The summed E-state index contributed by atoms with van der Waals surface area (Å²) in [5, 5.41) is 1.68. The molecule has 1 N–H and O–H groups in total. The van der Waals surface area contributed by atoms with Gasteiger partial charge in [-0.2, -0.15) is 13.2 Å². The van der Waals surface area contributed by atoms with Gasteiger partial charge in [-0.1, -0.05) is 11.6 Å². The molecule has 8 heteroatoms. The number of anilines is 1. The van der Waals surface area contributed by atoms with E-state index >= 15 is 0 Å². The molecule has 3 nitrogen and oxygen atoms in total. The second-order valence-electron chi connectivity index (χ2n) is 5.11. The first-order chi connectivity index (χ1) is 11.7. The molecule has 0 aliphatic heterocycles. The standard InChI is InChI=1S/C17H15ClF3NO2S/c1-10(25-13-6-4-12(24-2)5-7-13)16(23)22-15-8-3-11(18)9-14(15)17(19,20)21/h3-10H,1-2H3,(H,22,23)/t10-/m0/s1. The molecule has 0 unspecified atom stereocenters. The van der Waals surface area contributed by atoms with Crippen molar-refractivity contribution < 1.29 is 22.7 Å². The summed E-state index contributed by atoms with van der Waals surface area (Å²) < 4.78 is 44.3. The number of amides is 1. The zero-order valence-corrected chi connectivity index (χ0v) is 14.9. The van der Waals surface area contributed by atoms with Crippen LogP contribution in [0.3, 0.4) is 0 Å². The van der Waals surface area contributed by atoms with Gasteiger partial charge in [-0.25, -0.2) is 0 Å². The van der Waals surface area contributed by atoms with Crippen molar-refractivity contribution in [1.82, 2.24) is 0 Å². The van der Waals surface area contributed by atoms with E-state index in [1.165, 1.54) is 17.8 Å². The van der Waals surface area contributed by atoms with Crippen molar-refractivity contribution in [1.29, 1.82) is 0 Å². The summed E-state index contributed by atoms with van der Waals surface area (Å²) in [6.45, 7) is 1.62. The molecule has 2 rings (SSSR count). The lowest BCUT2D eigenvalue weighted by Gasteiger charge is -2.16. The Labute approximate surface area is 152 Å². The first-order valence-corrected chi connectivity index (χ1v) is 8.45. The zero-order chi connectivity index (χ0) is 18.6. The van der Waals surface area contributed by atoms with E-state index in [-0.39, 0.29) is 10.7 Å². The largest absolute Gasteiger partial charge is 0.497 e. The third-order valence-electron chi connectivity index (χ3n) is 3.29. The number of methoxy groups -OCH3 is 1. The third-order valence-corrected chi connectivity index (χ3v) is 4.63. The molecule has 1 atom stereocenters. The van der Waals surface area contributed by atoms with Crippen molar-refractivity contribution in [3.63, 3.8) is 0 Å². The van der Waals surface area contributed by atoms with Crippen molar-refractivity contribution in [3.05, 3.63) is 53.1 Å². The van der Waals surface area contributed by atoms with Crippen molar-refractivity contribution in [3.8, 4) is 5.75 Å². The molecular formula is C17H15ClF3NO2S. The van der Waals surface area contributed by atoms with E-state index in [4.69, 9.17) is 16.3 Å². The lowest BCUT2D eigenvalue weighted by molar-refractivity contribution is -0.137. The molecular weight excluding hydrogens is 375 g/mol. The summed E-state index contributed by atoms with van der Waals surface area (Å²) in [6, 6.07) is 10.3. The molecule has 0 fully saturated rings. The number of hydrogen-bond acceptors (Lipinski definition) is 3. The predicted molar refractivity (Wildman–Crippen MR) is 93.4 cm³/mol. The quantitative estimate of drug-likeness (QED) is 0.687. The lowest BCUT2D eigenvalue weighted by Crippen LogP contribution is -2.24. The average molecular weight is 390 g/mol. The number of halogens is 4. The molecule has 0 heterocycles. The number of carbonyl (C=O) groups is 1. The maximum Gasteiger partial charge on any atom is 0.418 e. The molecule has 0 saturated heterocycles. The molecule has 2 aromatic rings. The average Bonchev–Trinajstić information content (AvgIpc) is 2.56. The molecule has 2 aromatic carbocycles. The Morgan fingerprint density at radius 1 is 1.20 bits per heavy atom. The van der Waals surface area contributed by atoms with Gasteiger partial charge in [0, 0.05) is 9.92 Å². The molecule has 1 amide bonds. The van der Waals surface area contributed by atoms with Crippen LogP contribution in [0.5, 0.6) is 5.75 Å². The molecule has 0 saturated carbocycles. The minimum atomic E-state index is -4.61. The maximum absolute atomic E-state index is 13.1. The lowest BCUT2D eigenvalue weighted by atomic mass is 10.1. The van der Waals surface area contributed by atoms with E-state index in [1.54, 1.807) is 38.3 Å². The molecule has 25 heavy (non-hydrogen) atoms. The number of rotatable bonds is 5. The Kier molecular flexibility index (Phi) is 6.24. The summed E-state index contributed by atoms with van der Waals surface area (Å²) in [4.78, 5) is 13.0. The molecule has 0 radical (unpaired) electrons. The Balaban J connectivity index is 2.10. The Morgan fingerprint density at radius 2 is 1.84 bits per heavy atom. The van der Waals surface area contributed by atoms with Gasteiger partial charge in [0.25, 0.3) is 0 Å². The molecule has 0 aliphatic carbocycles. The second kappa shape index (κ2) is 8.01. The van der Waals surface area contributed by atoms with Gasteiger partial charge in [0.05, 0.1) is 23.6 Å². The monoisotopic (exact) mass is 389 g/mol. The number of ether oxygens (including phenoxy) is 1. The molecule has 0 spiro atoms. The Bertz CT molecular complexity index is 751. The summed E-state index contributed by atoms with van der Waals surface area (Å²) >= 11 is 6.86. The van der Waals surface area contributed by atoms with Crippen LogP contribution in [0.25, 0.3) is 0 Å². The van der Waals surface area contributed by atoms with Gasteiger partial charge in [0.2, 0.25) is 5.91 Å². The van der Waals surface area contributed by atoms with Crippen LogP contribution in [-0.2, 0) is 11.0 Å². The normalized spacial score (nSPS) is 12.6. The summed E-state index contributed by atoms with van der Waals surface area (Å²) in [7, 11) is 1.54. The van der Waals surface area contributed by atoms with Crippen LogP contribution >= 0.6 is 23.4 Å². The molecule has 134 valence electrons. The molecule has 0 aliphatic rings. The minimum Gasteiger partial charge on any atom is -0.497 e. The summed E-state index contributed by atoms with van der Waals surface area (Å²) in [5.41, 5.74) is -1.29. The first kappa shape index (κ1) is 19.5. The van der Waals surface area contributed by atoms with Crippen LogP contribution in [-0.4, -0.2) is 18.3 Å². The van der Waals surface area contributed by atoms with Crippen LogP contribution in [0, 0.1) is 0 Å². The van der Waals surface area contributed by atoms with E-state index in [0.717, 1.165) is 17.0 Å². The Hall–Kier alpha value is -1.86. The number of carbonyl (C=O) groups excluding carboxylic acids is 1. The van der Waals surface area contributed by atoms with Crippen LogP contribution < -0.4 is 10.1 Å². The van der Waals surface area contributed by atoms with Gasteiger partial charge >= 0.3 is 6.18 Å². The van der Waals surface area contributed by atoms with Gasteiger partial charge < -0.3 is 10.1 Å². The van der Waals surface area contributed by atoms with Crippen LogP contribution in [0.2, 0.25) is 5.02 Å². The molecule has 0 bridgehead atoms. The number of hydrogen-bond donors (Lipinski definition) is 1. The fourth-order valence-electron chi connectivity index (χ4n) is 2.01. The van der Waals surface area contributed by atoms with Gasteiger partial charge in [0.15, 0.2) is 0 Å². The zero-order valence-electron chi connectivity index (χ0n) is 13.4. The SMILES string of the molecule is COc1ccc(S[C@@H](C)C(=O)Nc2ccc(Cl)cc2C(F)(F)F)cc1. The van der Waals surface area contributed by atoms with E-state index in [0.29, 0.717) is 5.75 Å². The highest BCUT2D eigenvalue weighted by Crippen LogP contribution is 2.37. The predicted octanol–water partition coefficient (Wildman–Crippen LogP) is 5.49. The highest BCUT2D eigenvalue weighted by molar-refractivity contribution is 8.00. The highest BCUT2D eigenvalue weighted by Gasteiger charge is 2.34. The third kappa shape index (κ3) is 5.31. The topological polar surface area (TPSA) is 38.3 Å². The van der Waals surface area contributed by atoms with Crippen LogP contribution in [0.15, 0.2) is 47.4 Å². The fraction of sp³-hybridized carbons (Fsp3) is 0.235. The van der Waals surface area contributed by atoms with E-state index < -0.39 is 22.9 Å². The smallest absolute Gasteiger partial charge is 0.418 e. The first-order valence-electron chi connectivity index (χ1n) is 7.19. The van der Waals surface area contributed by atoms with Crippen LogP contribution in [0.1, 0.15) is 12.5 Å². The van der Waals surface area contributed by atoms with Gasteiger partial charge in [-0.05, 0) is 49.4 Å². The second-order valence-corrected chi connectivity index (χ2v) is 6.96. The van der Waals surface area contributed by atoms with E-state index in [9.17, 15) is 18.0 Å². The van der Waals surface area contributed by atoms with Gasteiger partial charge in [-0.15, -0.1) is 11.8 Å². The van der Waals surface area contributed by atoms with Crippen LogP contribution in [0.4, 0.5) is 18.9 Å². The van der Waals surface area contributed by atoms with E-state index in [1.807, 2.05) is 0 Å². The van der Waals surface area contributed by atoms with Crippen molar-refractivity contribution in [2.24, 2.45) is 0 Å². The molecule has 0 aromatic heterocycles. The number of nitrogens with one attached hydrogen (secondary N) is 1. The van der Waals surface area contributed by atoms with Gasteiger partial charge in [-0.3, -0.25) is 4.79 Å². The number of thioether (sulfide) groups is 1. The van der Waals surface area contributed by atoms with Gasteiger partial charge in [0.1, 0.15) is 5.75 Å². The number of benzene rings is 2. The summed E-state index contributed by atoms with van der Waals surface area (Å²) in [5.74, 6) is 0.145. The number of alkyl halides is 3. The fourth-order valence-corrected chi connectivity index (χ4v) is 3.05. The van der Waals surface area contributed by atoms with Crippen molar-refractivity contribution >= 4 is 35.0 Å². The summed E-state index contributed by atoms with van der Waals surface area (Å²) in [6.07, 6.45) is -4.61.